The zero-order valence-corrected chi connectivity index (χ0v) is 18.4. The van der Waals surface area contributed by atoms with Gasteiger partial charge in [0.15, 0.2) is 5.82 Å². The molecule has 2 aromatic carbocycles. The van der Waals surface area contributed by atoms with Gasteiger partial charge in [-0.1, -0.05) is 29.4 Å². The Hall–Kier alpha value is -4.80. The number of amides is 2. The second-order valence-electron chi connectivity index (χ2n) is 8.14. The molecule has 0 fully saturated rings. The quantitative estimate of drug-likeness (QED) is 0.308. The SMILES string of the molecule is Nc1cccc(CNC(=O)c2cc(C(=O)N[C@H]3CCc4cc(-c5noc(=O)[nH]5)ccc43)ncn2)c1. The molecule has 1 aliphatic carbocycles. The number of H-pyrrole nitrogens is 1. The van der Waals surface area contributed by atoms with Crippen LogP contribution in [0.4, 0.5) is 5.69 Å². The van der Waals surface area contributed by atoms with Gasteiger partial charge in [-0.15, -0.1) is 0 Å². The minimum absolute atomic E-state index is 0.0899. The molecule has 4 aromatic rings. The molecule has 0 saturated heterocycles. The zero-order chi connectivity index (χ0) is 24.4. The predicted molar refractivity (Wildman–Crippen MR) is 125 cm³/mol. The summed E-state index contributed by atoms with van der Waals surface area (Å²) < 4.78 is 4.57. The third kappa shape index (κ3) is 4.78. The van der Waals surface area contributed by atoms with Crippen molar-refractivity contribution < 1.29 is 14.1 Å². The van der Waals surface area contributed by atoms with Crippen molar-refractivity contribution in [3.63, 3.8) is 0 Å². The standard InChI is InChI=1S/C24H21N7O4/c25-16-3-1-2-13(8-16)11-26-22(32)19-10-20(28-12-27-19)23(33)29-18-7-5-14-9-15(4-6-17(14)18)21-30-24(34)35-31-21/h1-4,6,8-10,12,18H,5,7,11,25H2,(H,26,32)(H,29,33)(H,30,31,34)/t18-/m0/s1. The lowest BCUT2D eigenvalue weighted by molar-refractivity contribution is 0.0931. The normalized spacial score (nSPS) is 14.3. The summed E-state index contributed by atoms with van der Waals surface area (Å²) in [6.45, 7) is 0.276. The summed E-state index contributed by atoms with van der Waals surface area (Å²) in [4.78, 5) is 47.2. The Morgan fingerprint density at radius 2 is 1.91 bits per heavy atom. The Balaban J connectivity index is 1.25. The van der Waals surface area contributed by atoms with Gasteiger partial charge in [-0.25, -0.2) is 14.8 Å². The molecule has 0 radical (unpaired) electrons. The molecule has 0 unspecified atom stereocenters. The van der Waals surface area contributed by atoms with E-state index in [0.29, 0.717) is 17.9 Å². The van der Waals surface area contributed by atoms with E-state index in [1.54, 1.807) is 18.2 Å². The number of carbonyl (C=O) groups excluding carboxylic acids is 2. The van der Waals surface area contributed by atoms with Crippen molar-refractivity contribution in [3.05, 3.63) is 93.5 Å². The van der Waals surface area contributed by atoms with Gasteiger partial charge in [0.1, 0.15) is 17.7 Å². The van der Waals surface area contributed by atoms with Crippen molar-refractivity contribution in [1.82, 2.24) is 30.7 Å². The number of nitrogens with one attached hydrogen (secondary N) is 3. The van der Waals surface area contributed by atoms with E-state index in [0.717, 1.165) is 28.7 Å². The third-order valence-corrected chi connectivity index (χ3v) is 5.78. The summed E-state index contributed by atoms with van der Waals surface area (Å²) in [5.41, 5.74) is 10.2. The lowest BCUT2D eigenvalue weighted by atomic mass is 10.0. The molecule has 0 bridgehead atoms. The van der Waals surface area contributed by atoms with Gasteiger partial charge in [0, 0.05) is 23.9 Å². The number of nitrogens with two attached hydrogens (primary N) is 1. The third-order valence-electron chi connectivity index (χ3n) is 5.78. The van der Waals surface area contributed by atoms with Gasteiger partial charge in [0.05, 0.1) is 6.04 Å². The van der Waals surface area contributed by atoms with Crippen LogP contribution in [0, 0.1) is 0 Å². The van der Waals surface area contributed by atoms with Crippen molar-refractivity contribution in [2.45, 2.75) is 25.4 Å². The van der Waals surface area contributed by atoms with Gasteiger partial charge in [0.25, 0.3) is 11.8 Å². The Labute approximate surface area is 198 Å². The van der Waals surface area contributed by atoms with Crippen molar-refractivity contribution in [1.29, 1.82) is 0 Å². The number of carbonyl (C=O) groups is 2. The highest BCUT2D eigenvalue weighted by molar-refractivity contribution is 5.97. The number of anilines is 1. The van der Waals surface area contributed by atoms with Crippen molar-refractivity contribution in [2.75, 3.05) is 5.73 Å². The predicted octanol–water partition coefficient (Wildman–Crippen LogP) is 1.75. The molecular weight excluding hydrogens is 450 g/mol. The number of rotatable bonds is 6. The van der Waals surface area contributed by atoms with E-state index in [1.165, 1.54) is 12.4 Å². The summed E-state index contributed by atoms with van der Waals surface area (Å²) in [7, 11) is 0. The molecule has 0 spiro atoms. The maximum Gasteiger partial charge on any atom is 0.439 e. The number of aryl methyl sites for hydroxylation is 1. The average molecular weight is 471 g/mol. The fourth-order valence-electron chi connectivity index (χ4n) is 4.08. The molecular formula is C24H21N7O4. The molecule has 11 heteroatoms. The van der Waals surface area contributed by atoms with E-state index in [4.69, 9.17) is 5.73 Å². The van der Waals surface area contributed by atoms with Crippen LogP contribution in [0.1, 0.15) is 50.1 Å². The number of aromatic nitrogens is 4. The van der Waals surface area contributed by atoms with Crippen LogP contribution in [0.5, 0.6) is 0 Å². The summed E-state index contributed by atoms with van der Waals surface area (Å²) >= 11 is 0. The van der Waals surface area contributed by atoms with E-state index in [-0.39, 0.29) is 24.0 Å². The largest absolute Gasteiger partial charge is 0.439 e. The molecule has 0 saturated carbocycles. The van der Waals surface area contributed by atoms with Crippen molar-refractivity contribution >= 4 is 17.5 Å². The van der Waals surface area contributed by atoms with Gasteiger partial charge < -0.3 is 16.4 Å². The molecule has 2 heterocycles. The highest BCUT2D eigenvalue weighted by Crippen LogP contribution is 2.33. The number of fused-ring (bicyclic) bond motifs is 1. The first-order valence-electron chi connectivity index (χ1n) is 10.9. The van der Waals surface area contributed by atoms with Gasteiger partial charge >= 0.3 is 5.76 Å². The molecule has 5 N–H and O–H groups in total. The van der Waals surface area contributed by atoms with Gasteiger partial charge in [-0.05, 0) is 47.7 Å². The van der Waals surface area contributed by atoms with Crippen LogP contribution in [0.25, 0.3) is 11.4 Å². The monoisotopic (exact) mass is 471 g/mol. The summed E-state index contributed by atoms with van der Waals surface area (Å²) in [6, 6.07) is 14.0. The topological polar surface area (TPSA) is 169 Å². The van der Waals surface area contributed by atoms with Crippen molar-refractivity contribution in [2.24, 2.45) is 0 Å². The van der Waals surface area contributed by atoms with Crippen LogP contribution in [-0.4, -0.2) is 31.9 Å². The number of aromatic amines is 1. The number of hydrogen-bond donors (Lipinski definition) is 4. The van der Waals surface area contributed by atoms with E-state index in [2.05, 4.69) is 35.3 Å². The molecule has 2 amide bonds. The fourth-order valence-corrected chi connectivity index (χ4v) is 4.08. The Kier molecular flexibility index (Phi) is 5.80. The minimum atomic E-state index is -0.617. The second-order valence-corrected chi connectivity index (χ2v) is 8.14. The number of hydrogen-bond acceptors (Lipinski definition) is 8. The lowest BCUT2D eigenvalue weighted by Crippen LogP contribution is -2.29. The first-order chi connectivity index (χ1) is 17.0. The summed E-state index contributed by atoms with van der Waals surface area (Å²) in [5.74, 6) is -1.09. The van der Waals surface area contributed by atoms with Gasteiger partial charge in [-0.3, -0.25) is 19.1 Å². The van der Waals surface area contributed by atoms with Crippen LogP contribution >= 0.6 is 0 Å². The van der Waals surface area contributed by atoms with Gasteiger partial charge in [-0.2, -0.15) is 0 Å². The molecule has 176 valence electrons. The van der Waals surface area contributed by atoms with Crippen LogP contribution in [-0.2, 0) is 13.0 Å². The van der Waals surface area contributed by atoms with Crippen LogP contribution in [0.3, 0.4) is 0 Å². The van der Waals surface area contributed by atoms with E-state index in [1.807, 2.05) is 24.3 Å². The van der Waals surface area contributed by atoms with Gasteiger partial charge in [0.2, 0.25) is 0 Å². The highest BCUT2D eigenvalue weighted by Gasteiger charge is 2.26. The first-order valence-corrected chi connectivity index (χ1v) is 10.9. The lowest BCUT2D eigenvalue weighted by Gasteiger charge is -2.14. The Bertz CT molecular complexity index is 1480. The summed E-state index contributed by atoms with van der Waals surface area (Å²) in [5, 5.41) is 9.45. The first kappa shape index (κ1) is 22.0. The van der Waals surface area contributed by atoms with E-state index >= 15 is 0 Å². The number of benzene rings is 2. The fraction of sp³-hybridized carbons (Fsp3) is 0.167. The Morgan fingerprint density at radius 3 is 2.69 bits per heavy atom. The van der Waals surface area contributed by atoms with Crippen LogP contribution in [0.15, 0.2) is 64.2 Å². The second kappa shape index (κ2) is 9.21. The smallest absolute Gasteiger partial charge is 0.399 e. The number of nitrogens with zero attached hydrogens (tertiary/aromatic N) is 3. The van der Waals surface area contributed by atoms with Crippen LogP contribution < -0.4 is 22.1 Å². The maximum absolute atomic E-state index is 12.9. The molecule has 11 nitrogen and oxygen atoms in total. The molecule has 1 atom stereocenters. The minimum Gasteiger partial charge on any atom is -0.399 e. The van der Waals surface area contributed by atoms with E-state index in [9.17, 15) is 14.4 Å². The zero-order valence-electron chi connectivity index (χ0n) is 18.4. The molecule has 35 heavy (non-hydrogen) atoms. The molecule has 1 aliphatic rings. The van der Waals surface area contributed by atoms with Crippen molar-refractivity contribution in [3.8, 4) is 11.4 Å². The van der Waals surface area contributed by atoms with E-state index < -0.39 is 17.6 Å². The molecule has 0 aliphatic heterocycles. The summed E-state index contributed by atoms with van der Waals surface area (Å²) in [6.07, 6.45) is 2.65. The maximum atomic E-state index is 12.9. The number of nitrogen functional groups attached to an aromatic ring is 1. The highest BCUT2D eigenvalue weighted by atomic mass is 16.5. The molecule has 5 rings (SSSR count). The Morgan fingerprint density at radius 1 is 1.09 bits per heavy atom. The average Bonchev–Trinajstić information content (AvgIpc) is 3.48. The van der Waals surface area contributed by atoms with Crippen LogP contribution in [0.2, 0.25) is 0 Å². The molecule has 2 aromatic heterocycles.